The molecule has 2 rings (SSSR count). The molecule has 0 saturated heterocycles. The molecule has 0 aliphatic rings. The first kappa shape index (κ1) is 14.2. The standard InChI is InChI=1S/C13H17BrN2S2/c1-16(9-12-3-2-6-17-12)5-4-15-8-13-7-11(14)10-18-13/h2-3,6-7,10,15H,4-5,8-9H2,1H3. The van der Waals surface area contributed by atoms with E-state index in [4.69, 9.17) is 0 Å². The second kappa shape index (κ2) is 7.40. The third-order valence-corrected chi connectivity index (χ3v) is 5.16. The van der Waals surface area contributed by atoms with E-state index in [1.165, 1.54) is 14.2 Å². The Balaban J connectivity index is 1.60. The van der Waals surface area contributed by atoms with E-state index in [9.17, 15) is 0 Å². The van der Waals surface area contributed by atoms with Crippen molar-refractivity contribution in [1.29, 1.82) is 0 Å². The van der Waals surface area contributed by atoms with Crippen molar-refractivity contribution in [1.82, 2.24) is 10.2 Å². The average molecular weight is 345 g/mol. The van der Waals surface area contributed by atoms with Gasteiger partial charge in [-0.2, -0.15) is 0 Å². The van der Waals surface area contributed by atoms with E-state index in [1.807, 2.05) is 11.3 Å². The molecule has 2 heterocycles. The summed E-state index contributed by atoms with van der Waals surface area (Å²) in [6, 6.07) is 6.48. The van der Waals surface area contributed by atoms with Crippen LogP contribution in [-0.4, -0.2) is 25.0 Å². The van der Waals surface area contributed by atoms with Crippen molar-refractivity contribution in [3.63, 3.8) is 0 Å². The monoisotopic (exact) mass is 344 g/mol. The molecule has 98 valence electrons. The van der Waals surface area contributed by atoms with Crippen LogP contribution in [0.2, 0.25) is 0 Å². The number of halogens is 1. The molecular formula is C13H17BrN2S2. The summed E-state index contributed by atoms with van der Waals surface area (Å²) < 4.78 is 1.18. The van der Waals surface area contributed by atoms with Gasteiger partial charge in [-0.15, -0.1) is 22.7 Å². The SMILES string of the molecule is CN(CCNCc1cc(Br)cs1)Cc1cccs1. The number of hydrogen-bond acceptors (Lipinski definition) is 4. The van der Waals surface area contributed by atoms with Gasteiger partial charge in [0.2, 0.25) is 0 Å². The number of hydrogen-bond donors (Lipinski definition) is 1. The molecule has 0 fully saturated rings. The van der Waals surface area contributed by atoms with Gasteiger partial charge in [0.1, 0.15) is 0 Å². The summed E-state index contributed by atoms with van der Waals surface area (Å²) in [7, 11) is 2.17. The summed E-state index contributed by atoms with van der Waals surface area (Å²) in [5.74, 6) is 0. The minimum atomic E-state index is 0.961. The first-order valence-corrected chi connectivity index (χ1v) is 8.44. The third kappa shape index (κ3) is 4.82. The maximum absolute atomic E-state index is 3.48. The molecule has 0 spiro atoms. The molecule has 0 unspecified atom stereocenters. The first-order chi connectivity index (χ1) is 8.74. The van der Waals surface area contributed by atoms with Crippen LogP contribution in [0, 0.1) is 0 Å². The van der Waals surface area contributed by atoms with Gasteiger partial charge < -0.3 is 10.2 Å². The summed E-state index contributed by atoms with van der Waals surface area (Å²) in [4.78, 5) is 5.16. The Labute approximate surface area is 125 Å². The van der Waals surface area contributed by atoms with Gasteiger partial charge in [0, 0.05) is 45.8 Å². The quantitative estimate of drug-likeness (QED) is 0.768. The zero-order valence-electron chi connectivity index (χ0n) is 10.4. The topological polar surface area (TPSA) is 15.3 Å². The van der Waals surface area contributed by atoms with Crippen LogP contribution in [0.3, 0.4) is 0 Å². The number of nitrogens with one attached hydrogen (secondary N) is 1. The molecule has 0 amide bonds. The number of likely N-dealkylation sites (N-methyl/N-ethyl adjacent to an activating group) is 1. The average Bonchev–Trinajstić information content (AvgIpc) is 2.96. The van der Waals surface area contributed by atoms with Crippen LogP contribution in [0.4, 0.5) is 0 Å². The lowest BCUT2D eigenvalue weighted by atomic mass is 10.4. The smallest absolute Gasteiger partial charge is 0.0325 e. The van der Waals surface area contributed by atoms with Crippen molar-refractivity contribution < 1.29 is 0 Å². The second-order valence-electron chi connectivity index (χ2n) is 4.23. The van der Waals surface area contributed by atoms with E-state index in [0.29, 0.717) is 0 Å². The molecule has 0 saturated carbocycles. The maximum atomic E-state index is 3.48. The molecule has 0 aromatic carbocycles. The fraction of sp³-hybridized carbons (Fsp3) is 0.385. The van der Waals surface area contributed by atoms with E-state index in [1.54, 1.807) is 11.3 Å². The first-order valence-electron chi connectivity index (χ1n) is 5.88. The van der Waals surface area contributed by atoms with Crippen LogP contribution in [0.1, 0.15) is 9.75 Å². The number of rotatable bonds is 7. The highest BCUT2D eigenvalue weighted by atomic mass is 79.9. The number of thiophene rings is 2. The largest absolute Gasteiger partial charge is 0.311 e. The Kier molecular flexibility index (Phi) is 5.85. The van der Waals surface area contributed by atoms with Gasteiger partial charge in [-0.05, 0) is 40.5 Å². The lowest BCUT2D eigenvalue weighted by Gasteiger charge is -2.15. The normalized spacial score (nSPS) is 11.3. The highest BCUT2D eigenvalue weighted by molar-refractivity contribution is 9.10. The summed E-state index contributed by atoms with van der Waals surface area (Å²) in [5, 5.41) is 7.74. The molecule has 0 aliphatic heterocycles. The Hall–Kier alpha value is -0.200. The summed E-state index contributed by atoms with van der Waals surface area (Å²) in [6.45, 7) is 4.11. The van der Waals surface area contributed by atoms with Crippen molar-refractivity contribution in [2.45, 2.75) is 13.1 Å². The Morgan fingerprint density at radius 3 is 2.89 bits per heavy atom. The van der Waals surface area contributed by atoms with E-state index in [2.05, 4.69) is 62.2 Å². The minimum absolute atomic E-state index is 0.961. The summed E-state index contributed by atoms with van der Waals surface area (Å²) in [5.41, 5.74) is 0. The maximum Gasteiger partial charge on any atom is 0.0325 e. The number of nitrogens with zero attached hydrogens (tertiary/aromatic N) is 1. The van der Waals surface area contributed by atoms with Crippen molar-refractivity contribution in [2.75, 3.05) is 20.1 Å². The molecule has 0 bridgehead atoms. The summed E-state index contributed by atoms with van der Waals surface area (Å²) in [6.07, 6.45) is 0. The molecule has 1 N–H and O–H groups in total. The minimum Gasteiger partial charge on any atom is -0.311 e. The fourth-order valence-corrected chi connectivity index (χ4v) is 3.88. The van der Waals surface area contributed by atoms with E-state index >= 15 is 0 Å². The highest BCUT2D eigenvalue weighted by Gasteiger charge is 2.01. The van der Waals surface area contributed by atoms with Gasteiger partial charge in [0.25, 0.3) is 0 Å². The zero-order chi connectivity index (χ0) is 12.8. The van der Waals surface area contributed by atoms with Crippen molar-refractivity contribution in [2.24, 2.45) is 0 Å². The molecule has 2 aromatic rings. The molecule has 18 heavy (non-hydrogen) atoms. The molecule has 2 nitrogen and oxygen atoms in total. The van der Waals surface area contributed by atoms with Crippen LogP contribution < -0.4 is 5.32 Å². The van der Waals surface area contributed by atoms with Crippen LogP contribution >= 0.6 is 38.6 Å². The van der Waals surface area contributed by atoms with Crippen molar-refractivity contribution in [3.05, 3.63) is 43.2 Å². The van der Waals surface area contributed by atoms with Crippen molar-refractivity contribution in [3.8, 4) is 0 Å². The van der Waals surface area contributed by atoms with E-state index < -0.39 is 0 Å². The Morgan fingerprint density at radius 2 is 2.22 bits per heavy atom. The lowest BCUT2D eigenvalue weighted by Crippen LogP contribution is -2.28. The van der Waals surface area contributed by atoms with Gasteiger partial charge in [-0.3, -0.25) is 0 Å². The molecule has 2 aromatic heterocycles. The lowest BCUT2D eigenvalue weighted by molar-refractivity contribution is 0.327. The van der Waals surface area contributed by atoms with Gasteiger partial charge in [0.05, 0.1) is 0 Å². The van der Waals surface area contributed by atoms with E-state index in [-0.39, 0.29) is 0 Å². The third-order valence-electron chi connectivity index (χ3n) is 2.60. The molecule has 5 heteroatoms. The van der Waals surface area contributed by atoms with Gasteiger partial charge >= 0.3 is 0 Å². The Bertz CT molecular complexity index is 453. The predicted octanol–water partition coefficient (Wildman–Crippen LogP) is 3.79. The van der Waals surface area contributed by atoms with Gasteiger partial charge in [-0.25, -0.2) is 0 Å². The second-order valence-corrected chi connectivity index (χ2v) is 7.17. The van der Waals surface area contributed by atoms with Gasteiger partial charge in [-0.1, -0.05) is 6.07 Å². The van der Waals surface area contributed by atoms with E-state index in [0.717, 1.165) is 26.2 Å². The predicted molar refractivity (Wildman–Crippen MR) is 84.4 cm³/mol. The van der Waals surface area contributed by atoms with Gasteiger partial charge in [0.15, 0.2) is 0 Å². The summed E-state index contributed by atoms with van der Waals surface area (Å²) >= 11 is 7.09. The fourth-order valence-electron chi connectivity index (χ4n) is 1.68. The Morgan fingerprint density at radius 1 is 1.33 bits per heavy atom. The zero-order valence-corrected chi connectivity index (χ0v) is 13.6. The van der Waals surface area contributed by atoms with Crippen molar-refractivity contribution >= 4 is 38.6 Å². The molecule has 0 radical (unpaired) electrons. The highest BCUT2D eigenvalue weighted by Crippen LogP contribution is 2.19. The van der Waals surface area contributed by atoms with Crippen LogP contribution in [0.25, 0.3) is 0 Å². The van der Waals surface area contributed by atoms with Crippen LogP contribution in [-0.2, 0) is 13.1 Å². The molecule has 0 atom stereocenters. The molecule has 0 aliphatic carbocycles. The van der Waals surface area contributed by atoms with Crippen LogP contribution in [0.15, 0.2) is 33.4 Å². The molecular weight excluding hydrogens is 328 g/mol. The van der Waals surface area contributed by atoms with Crippen LogP contribution in [0.5, 0.6) is 0 Å².